The molecular formula is C14H20N2O3S. The fourth-order valence-corrected chi connectivity index (χ4v) is 4.39. The van der Waals surface area contributed by atoms with Gasteiger partial charge in [-0.15, -0.1) is 11.8 Å². The topological polar surface area (TPSA) is 57.7 Å². The van der Waals surface area contributed by atoms with Crippen LogP contribution in [0.1, 0.15) is 38.5 Å². The largest absolute Gasteiger partial charge is 0.338 e. The SMILES string of the molecule is O=C(CSC1CCCC1)N1CC(N2C(=O)CCC2=O)C1. The highest BCUT2D eigenvalue weighted by molar-refractivity contribution is 8.00. The second-order valence-electron chi connectivity index (χ2n) is 5.83. The van der Waals surface area contributed by atoms with Crippen LogP contribution in [0, 0.1) is 0 Å². The Balaban J connectivity index is 1.41. The third-order valence-electron chi connectivity index (χ3n) is 4.41. The van der Waals surface area contributed by atoms with Crippen molar-refractivity contribution < 1.29 is 14.4 Å². The highest BCUT2D eigenvalue weighted by Crippen LogP contribution is 2.30. The van der Waals surface area contributed by atoms with Crippen LogP contribution >= 0.6 is 11.8 Å². The summed E-state index contributed by atoms with van der Waals surface area (Å²) in [5, 5.41) is 0.651. The van der Waals surface area contributed by atoms with Crippen molar-refractivity contribution in [1.82, 2.24) is 9.80 Å². The molecule has 6 heteroatoms. The Kier molecular flexibility index (Phi) is 4.01. The summed E-state index contributed by atoms with van der Waals surface area (Å²) >= 11 is 1.77. The van der Waals surface area contributed by atoms with Crippen molar-refractivity contribution in [2.75, 3.05) is 18.8 Å². The van der Waals surface area contributed by atoms with Crippen LogP contribution < -0.4 is 0 Å². The molecule has 3 rings (SSSR count). The number of hydrogen-bond acceptors (Lipinski definition) is 4. The van der Waals surface area contributed by atoms with E-state index in [1.54, 1.807) is 16.7 Å². The summed E-state index contributed by atoms with van der Waals surface area (Å²) in [6, 6.07) is -0.0714. The third-order valence-corrected chi connectivity index (χ3v) is 5.77. The Hall–Kier alpha value is -1.04. The Labute approximate surface area is 123 Å². The van der Waals surface area contributed by atoms with E-state index in [4.69, 9.17) is 0 Å². The maximum absolute atomic E-state index is 12.0. The van der Waals surface area contributed by atoms with Gasteiger partial charge in [-0.2, -0.15) is 0 Å². The third kappa shape index (κ3) is 2.71. The zero-order valence-corrected chi connectivity index (χ0v) is 12.4. The molecule has 0 bridgehead atoms. The lowest BCUT2D eigenvalue weighted by Crippen LogP contribution is -2.62. The second-order valence-corrected chi connectivity index (χ2v) is 7.12. The lowest BCUT2D eigenvalue weighted by molar-refractivity contribution is -0.150. The summed E-state index contributed by atoms with van der Waals surface area (Å²) in [7, 11) is 0. The van der Waals surface area contributed by atoms with Crippen molar-refractivity contribution in [3.05, 3.63) is 0 Å². The quantitative estimate of drug-likeness (QED) is 0.727. The smallest absolute Gasteiger partial charge is 0.232 e. The molecule has 3 amide bonds. The molecule has 0 N–H and O–H groups in total. The zero-order valence-electron chi connectivity index (χ0n) is 11.5. The molecule has 2 heterocycles. The van der Waals surface area contributed by atoms with E-state index >= 15 is 0 Å². The number of imide groups is 1. The molecule has 1 saturated carbocycles. The van der Waals surface area contributed by atoms with Crippen LogP contribution in [0.4, 0.5) is 0 Å². The number of rotatable bonds is 4. The molecule has 0 aromatic carbocycles. The van der Waals surface area contributed by atoms with Crippen molar-refractivity contribution >= 4 is 29.5 Å². The standard InChI is InChI=1S/C14H20N2O3S/c17-12-5-6-13(18)16(12)10-7-15(8-10)14(19)9-20-11-3-1-2-4-11/h10-11H,1-9H2. The first kappa shape index (κ1) is 13.9. The number of carbonyl (C=O) groups excluding carboxylic acids is 3. The van der Waals surface area contributed by atoms with Crippen LogP contribution in [0.5, 0.6) is 0 Å². The van der Waals surface area contributed by atoms with Gasteiger partial charge in [0.2, 0.25) is 17.7 Å². The molecule has 0 spiro atoms. The van der Waals surface area contributed by atoms with Crippen LogP contribution in [-0.2, 0) is 14.4 Å². The molecule has 0 atom stereocenters. The van der Waals surface area contributed by atoms with Crippen molar-refractivity contribution in [2.45, 2.75) is 49.8 Å². The monoisotopic (exact) mass is 296 g/mol. The maximum Gasteiger partial charge on any atom is 0.232 e. The van der Waals surface area contributed by atoms with E-state index in [2.05, 4.69) is 0 Å². The van der Waals surface area contributed by atoms with Crippen molar-refractivity contribution in [3.8, 4) is 0 Å². The molecule has 3 aliphatic rings. The van der Waals surface area contributed by atoms with Gasteiger partial charge in [0.25, 0.3) is 0 Å². The number of carbonyl (C=O) groups is 3. The Bertz CT molecular complexity index is 412. The van der Waals surface area contributed by atoms with Gasteiger partial charge in [0.15, 0.2) is 0 Å². The average Bonchev–Trinajstić information content (AvgIpc) is 2.99. The fraction of sp³-hybridized carbons (Fsp3) is 0.786. The van der Waals surface area contributed by atoms with Gasteiger partial charge in [-0.3, -0.25) is 19.3 Å². The lowest BCUT2D eigenvalue weighted by atomic mass is 10.1. The van der Waals surface area contributed by atoms with E-state index in [1.165, 1.54) is 30.6 Å². The molecule has 2 aliphatic heterocycles. The summed E-state index contributed by atoms with van der Waals surface area (Å²) in [4.78, 5) is 38.3. The lowest BCUT2D eigenvalue weighted by Gasteiger charge is -2.43. The zero-order chi connectivity index (χ0) is 14.1. The number of hydrogen-bond donors (Lipinski definition) is 0. The number of likely N-dealkylation sites (tertiary alicyclic amines) is 2. The van der Waals surface area contributed by atoms with Gasteiger partial charge in [0.05, 0.1) is 11.8 Å². The van der Waals surface area contributed by atoms with Gasteiger partial charge >= 0.3 is 0 Å². The number of nitrogens with zero attached hydrogens (tertiary/aromatic N) is 2. The molecule has 0 aromatic rings. The minimum absolute atomic E-state index is 0.0714. The van der Waals surface area contributed by atoms with Gasteiger partial charge in [-0.1, -0.05) is 12.8 Å². The average molecular weight is 296 g/mol. The van der Waals surface area contributed by atoms with Gasteiger partial charge in [0, 0.05) is 31.2 Å². The van der Waals surface area contributed by atoms with Crippen LogP contribution in [0.2, 0.25) is 0 Å². The van der Waals surface area contributed by atoms with E-state index in [9.17, 15) is 14.4 Å². The molecular weight excluding hydrogens is 276 g/mol. The van der Waals surface area contributed by atoms with E-state index in [-0.39, 0.29) is 23.8 Å². The molecule has 0 aromatic heterocycles. The predicted molar refractivity (Wildman–Crippen MR) is 76.2 cm³/mol. The van der Waals surface area contributed by atoms with E-state index < -0.39 is 0 Å². The molecule has 0 unspecified atom stereocenters. The number of thioether (sulfide) groups is 1. The highest BCUT2D eigenvalue weighted by atomic mass is 32.2. The Morgan fingerprint density at radius 2 is 1.70 bits per heavy atom. The highest BCUT2D eigenvalue weighted by Gasteiger charge is 2.42. The normalized spacial score (nSPS) is 24.6. The summed E-state index contributed by atoms with van der Waals surface area (Å²) in [6.07, 6.45) is 5.71. The Morgan fingerprint density at radius 1 is 1.10 bits per heavy atom. The first-order valence-corrected chi connectivity index (χ1v) is 8.44. The molecule has 20 heavy (non-hydrogen) atoms. The minimum Gasteiger partial charge on any atom is -0.338 e. The molecule has 3 fully saturated rings. The molecule has 0 radical (unpaired) electrons. The van der Waals surface area contributed by atoms with Crippen molar-refractivity contribution in [1.29, 1.82) is 0 Å². The summed E-state index contributed by atoms with van der Waals surface area (Å²) in [5.41, 5.74) is 0. The summed E-state index contributed by atoms with van der Waals surface area (Å²) in [5.74, 6) is 0.538. The molecule has 110 valence electrons. The first-order valence-electron chi connectivity index (χ1n) is 7.39. The molecule has 5 nitrogen and oxygen atoms in total. The second kappa shape index (κ2) is 5.76. The summed E-state index contributed by atoms with van der Waals surface area (Å²) in [6.45, 7) is 1.06. The first-order chi connectivity index (χ1) is 9.65. The van der Waals surface area contributed by atoms with Gasteiger partial charge in [0.1, 0.15) is 0 Å². The predicted octanol–water partition coefficient (Wildman–Crippen LogP) is 1.02. The van der Waals surface area contributed by atoms with Crippen LogP contribution in [0.15, 0.2) is 0 Å². The van der Waals surface area contributed by atoms with Crippen LogP contribution in [-0.4, -0.2) is 57.7 Å². The van der Waals surface area contributed by atoms with Crippen molar-refractivity contribution in [3.63, 3.8) is 0 Å². The van der Waals surface area contributed by atoms with Crippen molar-refractivity contribution in [2.24, 2.45) is 0 Å². The fourth-order valence-electron chi connectivity index (χ4n) is 3.16. The van der Waals surface area contributed by atoms with E-state index in [0.29, 0.717) is 36.9 Å². The van der Waals surface area contributed by atoms with Crippen LogP contribution in [0.25, 0.3) is 0 Å². The number of amides is 3. The minimum atomic E-state index is -0.0765. The van der Waals surface area contributed by atoms with Crippen LogP contribution in [0.3, 0.4) is 0 Å². The maximum atomic E-state index is 12.0. The van der Waals surface area contributed by atoms with E-state index in [0.717, 1.165) is 0 Å². The van der Waals surface area contributed by atoms with Gasteiger partial charge < -0.3 is 4.90 Å². The molecule has 1 aliphatic carbocycles. The van der Waals surface area contributed by atoms with Gasteiger partial charge in [-0.25, -0.2) is 0 Å². The molecule has 2 saturated heterocycles. The Morgan fingerprint density at radius 3 is 2.30 bits per heavy atom. The van der Waals surface area contributed by atoms with E-state index in [1.807, 2.05) is 0 Å². The summed E-state index contributed by atoms with van der Waals surface area (Å²) < 4.78 is 0. The van der Waals surface area contributed by atoms with Gasteiger partial charge in [-0.05, 0) is 12.8 Å².